The molecule has 1 atom stereocenters. The second-order valence-corrected chi connectivity index (χ2v) is 12.3. The van der Waals surface area contributed by atoms with Crippen molar-refractivity contribution >= 4 is 35.7 Å². The van der Waals surface area contributed by atoms with Crippen LogP contribution in [0.3, 0.4) is 0 Å². The molecule has 1 heterocycles. The molecule has 1 fully saturated rings. The van der Waals surface area contributed by atoms with Crippen LogP contribution < -0.4 is 26.4 Å². The molecule has 0 saturated heterocycles. The van der Waals surface area contributed by atoms with Crippen LogP contribution in [0.1, 0.15) is 59.9 Å². The minimum Gasteiger partial charge on any atom is -0.462 e. The number of ether oxygens (including phenoxy) is 3. The van der Waals surface area contributed by atoms with Crippen molar-refractivity contribution in [2.24, 2.45) is 4.99 Å². The van der Waals surface area contributed by atoms with Gasteiger partial charge in [-0.15, -0.1) is 0 Å². The summed E-state index contributed by atoms with van der Waals surface area (Å²) in [5.41, 5.74) is 3.28. The minimum atomic E-state index is -0.795. The number of amides is 1. The molecule has 2 aromatic rings. The van der Waals surface area contributed by atoms with Gasteiger partial charge < -0.3 is 30.2 Å². The largest absolute Gasteiger partial charge is 0.462 e. The van der Waals surface area contributed by atoms with E-state index in [1.165, 1.54) is 0 Å². The highest BCUT2D eigenvalue weighted by Gasteiger charge is 2.36. The lowest BCUT2D eigenvalue weighted by Crippen LogP contribution is -2.47. The maximum Gasteiger partial charge on any atom is 0.408 e. The van der Waals surface area contributed by atoms with E-state index >= 15 is 0 Å². The number of nitrogens with one attached hydrogen (secondary N) is 3. The van der Waals surface area contributed by atoms with Gasteiger partial charge in [-0.05, 0) is 72.1 Å². The molecule has 2 aliphatic rings. The Morgan fingerprint density at radius 2 is 1.84 bits per heavy atom. The van der Waals surface area contributed by atoms with Crippen molar-refractivity contribution in [3.8, 4) is 0 Å². The second-order valence-electron chi connectivity index (χ2n) is 12.3. The summed E-state index contributed by atoms with van der Waals surface area (Å²) in [6.07, 6.45) is 5.33. The van der Waals surface area contributed by atoms with Crippen molar-refractivity contribution in [2.75, 3.05) is 18.5 Å². The van der Waals surface area contributed by atoms with Crippen LogP contribution in [0.4, 0.5) is 10.5 Å². The highest BCUT2D eigenvalue weighted by molar-refractivity contribution is 6.26. The Bertz CT molecular complexity index is 1570. The zero-order chi connectivity index (χ0) is 31.9. The Balaban J connectivity index is 1.69. The van der Waals surface area contributed by atoms with Gasteiger partial charge in [0.2, 0.25) is 0 Å². The van der Waals surface area contributed by atoms with Crippen LogP contribution in [0.25, 0.3) is 12.3 Å². The summed E-state index contributed by atoms with van der Waals surface area (Å²) in [4.78, 5) is 31.0. The van der Waals surface area contributed by atoms with Gasteiger partial charge in [-0.2, -0.15) is 0 Å². The number of nitrogens with zero attached hydrogens (tertiary/aromatic N) is 1. The zero-order valence-corrected chi connectivity index (χ0v) is 26.6. The predicted molar refractivity (Wildman–Crippen MR) is 174 cm³/mol. The molecule has 1 aliphatic heterocycles. The van der Waals surface area contributed by atoms with Crippen molar-refractivity contribution in [1.29, 1.82) is 0 Å². The average molecular weight is 601 g/mol. The summed E-state index contributed by atoms with van der Waals surface area (Å²) < 4.78 is 16.9. The second kappa shape index (κ2) is 13.9. The van der Waals surface area contributed by atoms with E-state index in [9.17, 15) is 9.59 Å². The summed E-state index contributed by atoms with van der Waals surface area (Å²) in [5.74, 6) is -0.543. The Morgan fingerprint density at radius 1 is 1.11 bits per heavy atom. The van der Waals surface area contributed by atoms with Crippen molar-refractivity contribution in [1.82, 2.24) is 10.6 Å². The fraction of sp³-hybridized carbons (Fsp3) is 0.400. The van der Waals surface area contributed by atoms with Gasteiger partial charge in [-0.3, -0.25) is 0 Å². The molecule has 4 rings (SSSR count). The van der Waals surface area contributed by atoms with E-state index in [0.29, 0.717) is 23.2 Å². The number of carbonyl (C=O) groups excluding carboxylic acids is 2. The number of hydrogen-bond acceptors (Lipinski definition) is 8. The number of carbonyl (C=O) groups is 2. The smallest absolute Gasteiger partial charge is 0.408 e. The van der Waals surface area contributed by atoms with Gasteiger partial charge in [0.15, 0.2) is 0 Å². The summed E-state index contributed by atoms with van der Waals surface area (Å²) in [7, 11) is 0. The first-order valence-corrected chi connectivity index (χ1v) is 15.0. The quantitative estimate of drug-likeness (QED) is 0.304. The monoisotopic (exact) mass is 600 g/mol. The van der Waals surface area contributed by atoms with E-state index in [1.54, 1.807) is 33.8 Å². The standard InChI is InChI=1S/C35H44N4O5/c1-8-43-32(40)27-19-29(26-15-12-16-28(24(26)3)37-23(2)20-36-35(7)17-18-35)38-31(27)30(39-33(41)44-34(4,5)6)22-42-21-25-13-10-9-11-14-25/h9-16,19-20,30,36-37H,3,8,17-18,21-22H2,1-2,4-7H3,(H,39,41). The van der Waals surface area contributed by atoms with E-state index in [-0.39, 0.29) is 24.3 Å². The first-order chi connectivity index (χ1) is 20.9. The number of aliphatic imine (C=N–C) groups is 1. The van der Waals surface area contributed by atoms with Gasteiger partial charge in [-0.1, -0.05) is 49.0 Å². The van der Waals surface area contributed by atoms with Crippen molar-refractivity contribution in [2.45, 2.75) is 78.2 Å². The van der Waals surface area contributed by atoms with E-state index < -0.39 is 23.7 Å². The first-order valence-electron chi connectivity index (χ1n) is 15.0. The Hall–Kier alpha value is -4.37. The molecule has 0 bridgehead atoms. The van der Waals surface area contributed by atoms with Crippen molar-refractivity contribution in [3.05, 3.63) is 88.1 Å². The number of rotatable bonds is 12. The fourth-order valence-corrected chi connectivity index (χ4v) is 4.52. The number of benzene rings is 2. The minimum absolute atomic E-state index is 0.0474. The van der Waals surface area contributed by atoms with Gasteiger partial charge in [0.05, 0.1) is 42.8 Å². The Kier molecular flexibility index (Phi) is 10.3. The third-order valence-electron chi connectivity index (χ3n) is 7.13. The van der Waals surface area contributed by atoms with Crippen LogP contribution >= 0.6 is 0 Å². The molecular weight excluding hydrogens is 556 g/mol. The molecule has 1 aliphatic carbocycles. The normalized spacial score (nSPS) is 17.6. The van der Waals surface area contributed by atoms with Gasteiger partial charge in [0.1, 0.15) is 5.60 Å². The van der Waals surface area contributed by atoms with Crippen molar-refractivity contribution in [3.63, 3.8) is 0 Å². The lowest BCUT2D eigenvalue weighted by molar-refractivity contribution is -0.137. The number of hydrogen-bond donors (Lipinski definition) is 3. The molecule has 9 heteroatoms. The number of alkyl carbamates (subject to hydrolysis) is 1. The highest BCUT2D eigenvalue weighted by Crippen LogP contribution is 2.34. The van der Waals surface area contributed by atoms with Crippen LogP contribution in [0.15, 0.2) is 77.1 Å². The van der Waals surface area contributed by atoms with E-state index in [4.69, 9.17) is 19.2 Å². The summed E-state index contributed by atoms with van der Waals surface area (Å²) >= 11 is 0. The molecule has 1 saturated carbocycles. The molecule has 0 aromatic heterocycles. The third kappa shape index (κ3) is 9.07. The molecule has 1 unspecified atom stereocenters. The first kappa shape index (κ1) is 32.5. The van der Waals surface area contributed by atoms with Gasteiger partial charge in [-0.25, -0.2) is 14.6 Å². The Morgan fingerprint density at radius 3 is 2.50 bits per heavy atom. The number of esters is 1. The molecule has 2 aromatic carbocycles. The zero-order valence-electron chi connectivity index (χ0n) is 26.6. The molecule has 9 nitrogen and oxygen atoms in total. The number of allylic oxidation sites excluding steroid dienone is 1. The van der Waals surface area contributed by atoms with E-state index in [0.717, 1.165) is 35.0 Å². The molecule has 234 valence electrons. The lowest BCUT2D eigenvalue weighted by atomic mass is 10.0. The summed E-state index contributed by atoms with van der Waals surface area (Å²) in [6, 6.07) is 14.7. The van der Waals surface area contributed by atoms with Crippen LogP contribution in [-0.2, 0) is 25.6 Å². The average Bonchev–Trinajstić information content (AvgIpc) is 3.53. The maximum atomic E-state index is 13.2. The molecule has 1 amide bonds. The molecule has 0 spiro atoms. The fourth-order valence-electron chi connectivity index (χ4n) is 4.52. The topological polar surface area (TPSA) is 110 Å². The van der Waals surface area contributed by atoms with Gasteiger partial charge >= 0.3 is 12.1 Å². The lowest BCUT2D eigenvalue weighted by Gasteiger charge is -2.24. The highest BCUT2D eigenvalue weighted by atomic mass is 16.6. The van der Waals surface area contributed by atoms with E-state index in [1.807, 2.05) is 61.7 Å². The summed E-state index contributed by atoms with van der Waals surface area (Å²) in [6.45, 7) is 16.2. The van der Waals surface area contributed by atoms with Crippen LogP contribution in [0.2, 0.25) is 0 Å². The maximum absolute atomic E-state index is 13.2. The third-order valence-corrected chi connectivity index (χ3v) is 7.13. The Labute approximate surface area is 259 Å². The molecule has 0 radical (unpaired) electrons. The van der Waals surface area contributed by atoms with Crippen LogP contribution in [0.5, 0.6) is 0 Å². The van der Waals surface area contributed by atoms with Gasteiger partial charge in [0.25, 0.3) is 0 Å². The molecular formula is C35H44N4O5. The van der Waals surface area contributed by atoms with Crippen LogP contribution in [0, 0.1) is 0 Å². The summed E-state index contributed by atoms with van der Waals surface area (Å²) in [5, 5.41) is 11.2. The van der Waals surface area contributed by atoms with Crippen molar-refractivity contribution < 1.29 is 23.8 Å². The van der Waals surface area contributed by atoms with Crippen LogP contribution in [-0.4, -0.2) is 48.2 Å². The SMILES string of the molecule is C=c1c(NC(C)=CNC2(C)CC2)cccc1=C1C=C(C(=O)OCC)C(C(COCc2ccccc2)NC(=O)OC(C)(C)C)=N1. The molecule has 3 N–H and O–H groups in total. The van der Waals surface area contributed by atoms with E-state index in [2.05, 4.69) is 29.5 Å². The molecule has 44 heavy (non-hydrogen) atoms. The predicted octanol–water partition coefficient (Wildman–Crippen LogP) is 4.67. The number of anilines is 1. The van der Waals surface area contributed by atoms with Gasteiger partial charge in [0, 0.05) is 33.6 Å².